The summed E-state index contributed by atoms with van der Waals surface area (Å²) in [6.45, 7) is 9.04. The molecule has 7 heteroatoms. The minimum atomic E-state index is -3.78. The molecule has 0 saturated carbocycles. The van der Waals surface area contributed by atoms with Crippen LogP contribution in [0.3, 0.4) is 0 Å². The molecule has 2 rings (SSSR count). The van der Waals surface area contributed by atoms with Gasteiger partial charge in [0.2, 0.25) is 0 Å². The molecule has 120 valence electrons. The second-order valence-electron chi connectivity index (χ2n) is 5.60. The van der Waals surface area contributed by atoms with E-state index in [4.69, 9.17) is 0 Å². The normalized spacial score (nSPS) is 12.0. The predicted octanol–water partition coefficient (Wildman–Crippen LogP) is 3.33. The number of anilines is 1. The van der Waals surface area contributed by atoms with E-state index in [0.717, 1.165) is 11.8 Å². The molecule has 1 aromatic carbocycles. The van der Waals surface area contributed by atoms with Crippen LogP contribution in [0.2, 0.25) is 0 Å². The highest BCUT2D eigenvalue weighted by Crippen LogP contribution is 2.26. The molecular weight excluding hydrogens is 305 g/mol. The summed E-state index contributed by atoms with van der Waals surface area (Å²) in [4.78, 5) is 0.0301. The maximum absolute atomic E-state index is 13.3. The number of rotatable bonds is 4. The Hall–Kier alpha value is -1.89. The molecule has 0 atom stereocenters. The number of aromatic nitrogens is 2. The summed E-state index contributed by atoms with van der Waals surface area (Å²) < 4.78 is 42.6. The van der Waals surface area contributed by atoms with Crippen molar-refractivity contribution in [2.24, 2.45) is 0 Å². The third kappa shape index (κ3) is 2.99. The molecule has 0 bridgehead atoms. The van der Waals surface area contributed by atoms with E-state index in [9.17, 15) is 12.8 Å². The Bertz CT molecular complexity index is 810. The van der Waals surface area contributed by atoms with Gasteiger partial charge in [-0.1, -0.05) is 0 Å². The van der Waals surface area contributed by atoms with Crippen molar-refractivity contribution in [1.82, 2.24) is 9.78 Å². The lowest BCUT2D eigenvalue weighted by molar-refractivity contribution is 0.516. The Morgan fingerprint density at radius 1 is 1.23 bits per heavy atom. The summed E-state index contributed by atoms with van der Waals surface area (Å²) in [5.74, 6) is -0.432. The van der Waals surface area contributed by atoms with Crippen LogP contribution in [0.5, 0.6) is 0 Å². The Labute approximate surface area is 130 Å². The molecule has 0 aliphatic heterocycles. The molecule has 5 nitrogen and oxygen atoms in total. The first kappa shape index (κ1) is 16.5. The molecule has 0 saturated heterocycles. The SMILES string of the molecule is Cc1cc(S(=O)(=O)Nc2c(C)nn(C(C)C)c2C)ccc1F. The van der Waals surface area contributed by atoms with E-state index in [1.165, 1.54) is 19.1 Å². The lowest BCUT2D eigenvalue weighted by atomic mass is 10.2. The lowest BCUT2D eigenvalue weighted by Crippen LogP contribution is -2.14. The van der Waals surface area contributed by atoms with Crippen LogP contribution in [0.4, 0.5) is 10.1 Å². The van der Waals surface area contributed by atoms with E-state index in [2.05, 4.69) is 9.82 Å². The molecule has 22 heavy (non-hydrogen) atoms. The standard InChI is InChI=1S/C15H20FN3O2S/c1-9(2)19-12(5)15(11(4)17-19)18-22(20,21)13-6-7-14(16)10(3)8-13/h6-9,18H,1-5H3. The van der Waals surface area contributed by atoms with Gasteiger partial charge in [-0.2, -0.15) is 5.10 Å². The number of benzene rings is 1. The molecule has 1 aromatic heterocycles. The van der Waals surface area contributed by atoms with E-state index in [1.807, 2.05) is 20.8 Å². The Balaban J connectivity index is 2.43. The van der Waals surface area contributed by atoms with Crippen molar-refractivity contribution in [2.75, 3.05) is 4.72 Å². The Kier molecular flexibility index (Phi) is 4.28. The van der Waals surface area contributed by atoms with Gasteiger partial charge in [-0.25, -0.2) is 12.8 Å². The average molecular weight is 325 g/mol. The fourth-order valence-corrected chi connectivity index (χ4v) is 3.55. The van der Waals surface area contributed by atoms with Gasteiger partial charge in [0.1, 0.15) is 5.82 Å². The maximum atomic E-state index is 13.3. The number of sulfonamides is 1. The summed E-state index contributed by atoms with van der Waals surface area (Å²) in [5, 5.41) is 4.35. The fourth-order valence-electron chi connectivity index (χ4n) is 2.29. The first-order valence-electron chi connectivity index (χ1n) is 6.98. The smallest absolute Gasteiger partial charge is 0.262 e. The first-order valence-corrected chi connectivity index (χ1v) is 8.46. The van der Waals surface area contributed by atoms with Crippen molar-refractivity contribution in [3.8, 4) is 0 Å². The molecule has 2 aromatic rings. The Morgan fingerprint density at radius 3 is 2.36 bits per heavy atom. The summed E-state index contributed by atoms with van der Waals surface area (Å²) in [6, 6.07) is 3.85. The van der Waals surface area contributed by atoms with Gasteiger partial charge in [0.25, 0.3) is 10.0 Å². The number of halogens is 1. The average Bonchev–Trinajstić information content (AvgIpc) is 2.69. The van der Waals surface area contributed by atoms with Crippen LogP contribution in [0.1, 0.15) is 36.8 Å². The van der Waals surface area contributed by atoms with Crippen molar-refractivity contribution in [1.29, 1.82) is 0 Å². The van der Waals surface area contributed by atoms with Crippen molar-refractivity contribution < 1.29 is 12.8 Å². The van der Waals surface area contributed by atoms with Crippen LogP contribution in [-0.2, 0) is 10.0 Å². The lowest BCUT2D eigenvalue weighted by Gasteiger charge is -2.11. The summed E-state index contributed by atoms with van der Waals surface area (Å²) in [6.07, 6.45) is 0. The monoisotopic (exact) mass is 325 g/mol. The quantitative estimate of drug-likeness (QED) is 0.938. The van der Waals surface area contributed by atoms with Gasteiger partial charge in [-0.3, -0.25) is 9.40 Å². The van der Waals surface area contributed by atoms with Crippen LogP contribution < -0.4 is 4.72 Å². The van der Waals surface area contributed by atoms with Crippen LogP contribution in [-0.4, -0.2) is 18.2 Å². The van der Waals surface area contributed by atoms with Gasteiger partial charge >= 0.3 is 0 Å². The van der Waals surface area contributed by atoms with Gasteiger partial charge in [-0.05, 0) is 58.4 Å². The maximum Gasteiger partial charge on any atom is 0.262 e. The third-order valence-electron chi connectivity index (χ3n) is 3.49. The molecule has 0 aliphatic rings. The molecule has 0 fully saturated rings. The second kappa shape index (κ2) is 5.72. The summed E-state index contributed by atoms with van der Waals surface area (Å²) in [5.41, 5.74) is 2.10. The largest absolute Gasteiger partial charge is 0.276 e. The van der Waals surface area contributed by atoms with E-state index in [0.29, 0.717) is 11.4 Å². The fraction of sp³-hybridized carbons (Fsp3) is 0.400. The third-order valence-corrected chi connectivity index (χ3v) is 4.84. The highest BCUT2D eigenvalue weighted by atomic mass is 32.2. The minimum Gasteiger partial charge on any atom is -0.276 e. The zero-order valence-electron chi connectivity index (χ0n) is 13.3. The van der Waals surface area contributed by atoms with Crippen molar-refractivity contribution >= 4 is 15.7 Å². The molecule has 1 N–H and O–H groups in total. The molecule has 1 heterocycles. The zero-order valence-corrected chi connectivity index (χ0v) is 14.1. The molecular formula is C15H20FN3O2S. The first-order chi connectivity index (χ1) is 10.1. The number of nitrogens with one attached hydrogen (secondary N) is 1. The van der Waals surface area contributed by atoms with Crippen molar-refractivity contribution in [3.05, 3.63) is 41.0 Å². The minimum absolute atomic E-state index is 0.0301. The van der Waals surface area contributed by atoms with Gasteiger partial charge < -0.3 is 0 Å². The molecule has 0 radical (unpaired) electrons. The van der Waals surface area contributed by atoms with Gasteiger partial charge in [0.15, 0.2) is 0 Å². The van der Waals surface area contributed by atoms with E-state index in [-0.39, 0.29) is 16.5 Å². The number of hydrogen-bond acceptors (Lipinski definition) is 3. The van der Waals surface area contributed by atoms with Crippen LogP contribution >= 0.6 is 0 Å². The number of aryl methyl sites for hydroxylation is 2. The number of nitrogens with zero attached hydrogens (tertiary/aromatic N) is 2. The van der Waals surface area contributed by atoms with Crippen LogP contribution in [0.25, 0.3) is 0 Å². The van der Waals surface area contributed by atoms with Gasteiger partial charge in [0.05, 0.1) is 22.0 Å². The highest BCUT2D eigenvalue weighted by molar-refractivity contribution is 7.92. The van der Waals surface area contributed by atoms with Gasteiger partial charge in [-0.15, -0.1) is 0 Å². The van der Waals surface area contributed by atoms with Crippen molar-refractivity contribution in [3.63, 3.8) is 0 Å². The van der Waals surface area contributed by atoms with Crippen molar-refractivity contribution in [2.45, 2.75) is 45.6 Å². The predicted molar refractivity (Wildman–Crippen MR) is 84.0 cm³/mol. The topological polar surface area (TPSA) is 64.0 Å². The molecule has 0 unspecified atom stereocenters. The molecule has 0 aliphatic carbocycles. The van der Waals surface area contributed by atoms with E-state index < -0.39 is 15.8 Å². The van der Waals surface area contributed by atoms with E-state index in [1.54, 1.807) is 11.6 Å². The zero-order chi connectivity index (χ0) is 16.7. The Morgan fingerprint density at radius 2 is 1.86 bits per heavy atom. The van der Waals surface area contributed by atoms with E-state index >= 15 is 0 Å². The number of hydrogen-bond donors (Lipinski definition) is 1. The van der Waals surface area contributed by atoms with Crippen LogP contribution in [0.15, 0.2) is 23.1 Å². The molecule has 0 spiro atoms. The second-order valence-corrected chi connectivity index (χ2v) is 7.28. The van der Waals surface area contributed by atoms with Gasteiger partial charge in [0, 0.05) is 6.04 Å². The van der Waals surface area contributed by atoms with Crippen LogP contribution in [0, 0.1) is 26.6 Å². The molecule has 0 amide bonds. The highest BCUT2D eigenvalue weighted by Gasteiger charge is 2.21. The summed E-state index contributed by atoms with van der Waals surface area (Å²) >= 11 is 0. The summed E-state index contributed by atoms with van der Waals surface area (Å²) in [7, 11) is -3.78.